The van der Waals surface area contributed by atoms with Gasteiger partial charge in [0.25, 0.3) is 0 Å². The standard InChI is InChI=1S/C19H24O7/c1-10-7-16-18(11(2)19(23)26-16)17(25-13(4)21)8-14(5-6-15(10)22)9-24-12(3)20/h7-8,15-18,22H,2,5-6,9H2,1,3-4H3/b10-7+,14-8-/t15-,16+,17-,18-/m1/s1. The fraction of sp³-hybridized carbons (Fsp3) is 0.526. The van der Waals surface area contributed by atoms with Gasteiger partial charge in [-0.1, -0.05) is 6.58 Å². The quantitative estimate of drug-likeness (QED) is 0.351. The average Bonchev–Trinajstić information content (AvgIpc) is 2.81. The third-order valence-electron chi connectivity index (χ3n) is 4.47. The van der Waals surface area contributed by atoms with E-state index in [0.717, 1.165) is 0 Å². The summed E-state index contributed by atoms with van der Waals surface area (Å²) < 4.78 is 15.8. The van der Waals surface area contributed by atoms with E-state index in [-0.39, 0.29) is 12.2 Å². The summed E-state index contributed by atoms with van der Waals surface area (Å²) in [6.07, 6.45) is 1.96. The minimum atomic E-state index is -0.790. The highest BCUT2D eigenvalue weighted by atomic mass is 16.6. The number of hydrogen-bond acceptors (Lipinski definition) is 7. The summed E-state index contributed by atoms with van der Waals surface area (Å²) in [6.45, 7) is 8.11. The van der Waals surface area contributed by atoms with Crippen molar-refractivity contribution >= 4 is 17.9 Å². The number of rotatable bonds is 3. The Labute approximate surface area is 152 Å². The molecule has 0 spiro atoms. The average molecular weight is 364 g/mol. The van der Waals surface area contributed by atoms with Gasteiger partial charge in [-0.05, 0) is 43.1 Å². The summed E-state index contributed by atoms with van der Waals surface area (Å²) in [5, 5.41) is 10.3. The number of ether oxygens (including phenoxy) is 3. The summed E-state index contributed by atoms with van der Waals surface area (Å²) in [7, 11) is 0. The van der Waals surface area contributed by atoms with Crippen LogP contribution in [-0.4, -0.2) is 47.9 Å². The number of carbonyl (C=O) groups is 3. The van der Waals surface area contributed by atoms with E-state index in [1.807, 2.05) is 0 Å². The van der Waals surface area contributed by atoms with Crippen LogP contribution < -0.4 is 0 Å². The van der Waals surface area contributed by atoms with E-state index in [4.69, 9.17) is 14.2 Å². The minimum Gasteiger partial charge on any atom is -0.461 e. The van der Waals surface area contributed by atoms with E-state index >= 15 is 0 Å². The predicted molar refractivity (Wildman–Crippen MR) is 91.8 cm³/mol. The second kappa shape index (κ2) is 8.31. The topological polar surface area (TPSA) is 99.1 Å². The van der Waals surface area contributed by atoms with Gasteiger partial charge in [-0.3, -0.25) is 9.59 Å². The molecule has 142 valence electrons. The summed E-state index contributed by atoms with van der Waals surface area (Å²) in [4.78, 5) is 34.7. The summed E-state index contributed by atoms with van der Waals surface area (Å²) in [6, 6.07) is 0. The third-order valence-corrected chi connectivity index (χ3v) is 4.47. The van der Waals surface area contributed by atoms with Gasteiger partial charge in [0.05, 0.1) is 12.0 Å². The first kappa shape index (κ1) is 19.9. The van der Waals surface area contributed by atoms with Crippen molar-refractivity contribution in [2.45, 2.75) is 51.9 Å². The third kappa shape index (κ3) is 4.82. The van der Waals surface area contributed by atoms with E-state index in [1.54, 1.807) is 19.1 Å². The van der Waals surface area contributed by atoms with Gasteiger partial charge < -0.3 is 19.3 Å². The maximum atomic E-state index is 12.0. The van der Waals surface area contributed by atoms with Crippen LogP contribution in [0.4, 0.5) is 0 Å². The van der Waals surface area contributed by atoms with Crippen molar-refractivity contribution in [3.05, 3.63) is 35.5 Å². The van der Waals surface area contributed by atoms with E-state index in [1.165, 1.54) is 13.8 Å². The van der Waals surface area contributed by atoms with Crippen molar-refractivity contribution in [3.8, 4) is 0 Å². The molecule has 0 bridgehead atoms. The van der Waals surface area contributed by atoms with E-state index in [2.05, 4.69) is 6.58 Å². The molecule has 1 fully saturated rings. The molecule has 0 saturated carbocycles. The first-order chi connectivity index (χ1) is 12.2. The van der Waals surface area contributed by atoms with Crippen LogP contribution in [0.25, 0.3) is 0 Å². The Kier molecular flexibility index (Phi) is 6.37. The molecule has 2 aliphatic rings. The molecule has 1 aliphatic heterocycles. The first-order valence-electron chi connectivity index (χ1n) is 8.45. The number of hydrogen-bond donors (Lipinski definition) is 1. The van der Waals surface area contributed by atoms with E-state index in [9.17, 15) is 19.5 Å². The lowest BCUT2D eigenvalue weighted by Crippen LogP contribution is -2.32. The van der Waals surface area contributed by atoms with Crippen molar-refractivity contribution in [1.82, 2.24) is 0 Å². The number of aliphatic hydroxyl groups is 1. The van der Waals surface area contributed by atoms with Crippen molar-refractivity contribution < 1.29 is 33.7 Å². The summed E-state index contributed by atoms with van der Waals surface area (Å²) in [5.41, 5.74) is 1.53. The molecule has 0 unspecified atom stereocenters. The zero-order valence-corrected chi connectivity index (χ0v) is 15.2. The molecular formula is C19H24O7. The van der Waals surface area contributed by atoms with Gasteiger partial charge in [0.2, 0.25) is 0 Å². The van der Waals surface area contributed by atoms with Crippen LogP contribution in [0.5, 0.6) is 0 Å². The Morgan fingerprint density at radius 1 is 1.31 bits per heavy atom. The zero-order valence-electron chi connectivity index (χ0n) is 15.2. The second-order valence-electron chi connectivity index (χ2n) is 6.57. The van der Waals surface area contributed by atoms with Crippen molar-refractivity contribution in [2.75, 3.05) is 6.61 Å². The Morgan fingerprint density at radius 3 is 2.62 bits per heavy atom. The first-order valence-corrected chi connectivity index (χ1v) is 8.45. The highest BCUT2D eigenvalue weighted by Crippen LogP contribution is 2.35. The van der Waals surface area contributed by atoms with Crippen LogP contribution in [0.15, 0.2) is 35.5 Å². The molecule has 0 aromatic rings. The highest BCUT2D eigenvalue weighted by Gasteiger charge is 2.43. The molecule has 1 saturated heterocycles. The number of esters is 3. The number of fused-ring (bicyclic) bond motifs is 1. The van der Waals surface area contributed by atoms with Crippen molar-refractivity contribution in [2.24, 2.45) is 5.92 Å². The Hall–Kier alpha value is -2.41. The number of carbonyl (C=O) groups excluding carboxylic acids is 3. The minimum absolute atomic E-state index is 0.0151. The van der Waals surface area contributed by atoms with E-state index < -0.39 is 42.1 Å². The van der Waals surface area contributed by atoms with Gasteiger partial charge >= 0.3 is 17.9 Å². The molecule has 4 atom stereocenters. The van der Waals surface area contributed by atoms with Crippen molar-refractivity contribution in [3.63, 3.8) is 0 Å². The van der Waals surface area contributed by atoms with Crippen LogP contribution in [0.2, 0.25) is 0 Å². The monoisotopic (exact) mass is 364 g/mol. The Balaban J connectivity index is 2.44. The maximum absolute atomic E-state index is 12.0. The zero-order chi connectivity index (χ0) is 19.4. The summed E-state index contributed by atoms with van der Waals surface area (Å²) >= 11 is 0. The molecule has 2 rings (SSSR count). The maximum Gasteiger partial charge on any atom is 0.334 e. The molecule has 0 amide bonds. The molecule has 1 heterocycles. The normalized spacial score (nSPS) is 33.1. The van der Waals surface area contributed by atoms with Crippen LogP contribution in [-0.2, 0) is 28.6 Å². The molecule has 1 N–H and O–H groups in total. The van der Waals surface area contributed by atoms with Gasteiger partial charge in [0, 0.05) is 19.4 Å². The largest absolute Gasteiger partial charge is 0.461 e. The molecule has 0 aromatic carbocycles. The Bertz CT molecular complexity index is 673. The van der Waals surface area contributed by atoms with Gasteiger partial charge in [-0.2, -0.15) is 0 Å². The molecule has 1 aliphatic carbocycles. The summed E-state index contributed by atoms with van der Waals surface area (Å²) in [5.74, 6) is -2.13. The second-order valence-corrected chi connectivity index (χ2v) is 6.57. The number of aliphatic hydroxyl groups excluding tert-OH is 1. The van der Waals surface area contributed by atoms with Crippen LogP contribution in [0.3, 0.4) is 0 Å². The van der Waals surface area contributed by atoms with Crippen LogP contribution in [0, 0.1) is 5.92 Å². The molecule has 7 heteroatoms. The molecule has 26 heavy (non-hydrogen) atoms. The van der Waals surface area contributed by atoms with Crippen molar-refractivity contribution in [1.29, 1.82) is 0 Å². The van der Waals surface area contributed by atoms with Crippen LogP contribution >= 0.6 is 0 Å². The smallest absolute Gasteiger partial charge is 0.334 e. The van der Waals surface area contributed by atoms with E-state index in [0.29, 0.717) is 24.0 Å². The van der Waals surface area contributed by atoms with Gasteiger partial charge in [-0.25, -0.2) is 4.79 Å². The highest BCUT2D eigenvalue weighted by molar-refractivity contribution is 5.91. The predicted octanol–water partition coefficient (Wildman–Crippen LogP) is 1.61. The van der Waals surface area contributed by atoms with Gasteiger partial charge in [0.15, 0.2) is 0 Å². The van der Waals surface area contributed by atoms with Crippen LogP contribution in [0.1, 0.15) is 33.6 Å². The lowest BCUT2D eigenvalue weighted by Gasteiger charge is -2.26. The lowest BCUT2D eigenvalue weighted by molar-refractivity contribution is -0.147. The van der Waals surface area contributed by atoms with Gasteiger partial charge in [-0.15, -0.1) is 0 Å². The van der Waals surface area contributed by atoms with Gasteiger partial charge in [0.1, 0.15) is 18.8 Å². The SMILES string of the molecule is C=C1C(=O)O[C@H]2/C=C(\C)[C@H](O)CC/C(COC(C)=O)=C/[C@@H](OC(C)=O)[C@H]12. The lowest BCUT2D eigenvalue weighted by atomic mass is 9.86. The Morgan fingerprint density at radius 2 is 2.00 bits per heavy atom. The molecule has 7 nitrogen and oxygen atoms in total. The molecule has 0 aromatic heterocycles. The molecular weight excluding hydrogens is 340 g/mol. The fourth-order valence-electron chi connectivity index (χ4n) is 3.08. The fourth-order valence-corrected chi connectivity index (χ4v) is 3.08. The molecule has 0 radical (unpaired) electrons.